The quantitative estimate of drug-likeness (QED) is 0.560. The van der Waals surface area contributed by atoms with Gasteiger partial charge in [-0.15, -0.1) is 11.3 Å². The average Bonchev–Trinajstić information content (AvgIpc) is 3.23. The van der Waals surface area contributed by atoms with Crippen LogP contribution in [0, 0.1) is 4.77 Å². The van der Waals surface area contributed by atoms with E-state index in [0.717, 1.165) is 14.9 Å². The fourth-order valence-corrected chi connectivity index (χ4v) is 3.97. The first-order valence-electron chi connectivity index (χ1n) is 7.74. The topological polar surface area (TPSA) is 62.7 Å². The van der Waals surface area contributed by atoms with E-state index in [0.29, 0.717) is 10.6 Å². The average molecular weight is 437 g/mol. The lowest BCUT2D eigenvalue weighted by Crippen LogP contribution is -2.33. The Morgan fingerprint density at radius 3 is 2.84 bits per heavy atom. The van der Waals surface area contributed by atoms with Crippen molar-refractivity contribution in [2.75, 3.05) is 0 Å². The number of H-pyrrole nitrogens is 1. The predicted molar refractivity (Wildman–Crippen MR) is 106 cm³/mol. The number of rotatable bonds is 5. The molecule has 25 heavy (non-hydrogen) atoms. The molecule has 3 aromatic rings. The van der Waals surface area contributed by atoms with Crippen molar-refractivity contribution in [3.8, 4) is 10.7 Å². The van der Waals surface area contributed by atoms with Gasteiger partial charge < -0.3 is 5.32 Å². The lowest BCUT2D eigenvalue weighted by atomic mass is 10.1. The van der Waals surface area contributed by atoms with Crippen LogP contribution in [0.25, 0.3) is 10.7 Å². The summed E-state index contributed by atoms with van der Waals surface area (Å²) in [7, 11) is 0. The molecule has 0 aliphatic carbocycles. The smallest absolute Gasteiger partial charge is 0.243 e. The third-order valence-corrected chi connectivity index (χ3v) is 5.57. The second kappa shape index (κ2) is 7.63. The molecule has 0 aliphatic rings. The van der Waals surface area contributed by atoms with E-state index < -0.39 is 6.04 Å². The first kappa shape index (κ1) is 18.0. The Bertz CT molecular complexity index is 932. The zero-order chi connectivity index (χ0) is 18.0. The van der Waals surface area contributed by atoms with Crippen molar-refractivity contribution in [2.45, 2.75) is 25.9 Å². The third kappa shape index (κ3) is 3.91. The molecule has 2 heterocycles. The molecule has 8 heteroatoms. The fraction of sp³-hybridized carbons (Fsp3) is 0.235. The van der Waals surface area contributed by atoms with Gasteiger partial charge in [0, 0.05) is 4.47 Å². The summed E-state index contributed by atoms with van der Waals surface area (Å²) >= 11 is 10.3. The molecule has 2 N–H and O–H groups in total. The van der Waals surface area contributed by atoms with Crippen LogP contribution in [-0.4, -0.2) is 20.7 Å². The zero-order valence-corrected chi connectivity index (χ0v) is 16.9. The number of benzene rings is 1. The molecule has 0 saturated heterocycles. The summed E-state index contributed by atoms with van der Waals surface area (Å²) in [6.07, 6.45) is 0. The van der Waals surface area contributed by atoms with Gasteiger partial charge in [0.25, 0.3) is 0 Å². The van der Waals surface area contributed by atoms with E-state index in [9.17, 15) is 4.79 Å². The van der Waals surface area contributed by atoms with Gasteiger partial charge in [0.2, 0.25) is 5.91 Å². The Balaban J connectivity index is 1.82. The summed E-state index contributed by atoms with van der Waals surface area (Å²) in [4.78, 5) is 13.7. The number of nitrogens with one attached hydrogen (secondary N) is 2. The Labute approximate surface area is 163 Å². The standard InChI is InChI=1S/C17H17BrN4OS2/c1-10(12-5-3-6-13(18)9-12)19-16(23)11(2)22-15(20-21-17(22)24)14-7-4-8-25-14/h3-11H,1-2H3,(H,19,23)(H,21,24)/t10-,11+/m0/s1. The molecule has 0 radical (unpaired) electrons. The maximum absolute atomic E-state index is 12.8. The largest absolute Gasteiger partial charge is 0.348 e. The Kier molecular flexibility index (Phi) is 5.51. The molecule has 0 saturated carbocycles. The van der Waals surface area contributed by atoms with Gasteiger partial charge in [-0.2, -0.15) is 5.10 Å². The number of carbonyl (C=O) groups excluding carboxylic acids is 1. The minimum absolute atomic E-state index is 0.109. The molecule has 0 fully saturated rings. The van der Waals surface area contributed by atoms with Gasteiger partial charge >= 0.3 is 0 Å². The van der Waals surface area contributed by atoms with Crippen molar-refractivity contribution in [3.05, 3.63) is 56.6 Å². The molecule has 0 unspecified atom stereocenters. The van der Waals surface area contributed by atoms with Gasteiger partial charge in [-0.3, -0.25) is 14.5 Å². The lowest BCUT2D eigenvalue weighted by Gasteiger charge is -2.19. The van der Waals surface area contributed by atoms with Crippen molar-refractivity contribution in [1.29, 1.82) is 0 Å². The molecule has 130 valence electrons. The van der Waals surface area contributed by atoms with Crippen molar-refractivity contribution in [3.63, 3.8) is 0 Å². The molecule has 0 spiro atoms. The highest BCUT2D eigenvalue weighted by Gasteiger charge is 2.22. The number of thiophene rings is 1. The number of hydrogen-bond acceptors (Lipinski definition) is 4. The normalized spacial score (nSPS) is 13.4. The highest BCUT2D eigenvalue weighted by Crippen LogP contribution is 2.26. The molecule has 1 aromatic carbocycles. The zero-order valence-electron chi connectivity index (χ0n) is 13.7. The fourth-order valence-electron chi connectivity index (χ4n) is 2.55. The predicted octanol–water partition coefficient (Wildman–Crippen LogP) is 4.87. The van der Waals surface area contributed by atoms with Crippen LogP contribution in [0.15, 0.2) is 46.3 Å². The SMILES string of the molecule is C[C@H](NC(=O)[C@@H](C)n1c(-c2cccs2)n[nH]c1=S)c1cccc(Br)c1. The van der Waals surface area contributed by atoms with Crippen molar-refractivity contribution in [1.82, 2.24) is 20.1 Å². The summed E-state index contributed by atoms with van der Waals surface area (Å²) in [5, 5.41) is 12.1. The summed E-state index contributed by atoms with van der Waals surface area (Å²) < 4.78 is 3.17. The lowest BCUT2D eigenvalue weighted by molar-refractivity contribution is -0.124. The van der Waals surface area contributed by atoms with E-state index in [1.54, 1.807) is 15.9 Å². The highest BCUT2D eigenvalue weighted by molar-refractivity contribution is 9.10. The van der Waals surface area contributed by atoms with Crippen LogP contribution in [0.5, 0.6) is 0 Å². The number of aromatic nitrogens is 3. The maximum atomic E-state index is 12.8. The van der Waals surface area contributed by atoms with Crippen LogP contribution in [0.3, 0.4) is 0 Å². The Morgan fingerprint density at radius 2 is 2.16 bits per heavy atom. The van der Waals surface area contributed by atoms with E-state index in [-0.39, 0.29) is 11.9 Å². The molecule has 3 rings (SSSR count). The summed E-state index contributed by atoms with van der Waals surface area (Å²) in [6, 6.07) is 11.2. The summed E-state index contributed by atoms with van der Waals surface area (Å²) in [5.74, 6) is 0.570. The van der Waals surface area contributed by atoms with Gasteiger partial charge in [-0.25, -0.2) is 0 Å². The number of hydrogen-bond donors (Lipinski definition) is 2. The molecule has 5 nitrogen and oxygen atoms in total. The van der Waals surface area contributed by atoms with Crippen molar-refractivity contribution in [2.24, 2.45) is 0 Å². The van der Waals surface area contributed by atoms with Crippen LogP contribution < -0.4 is 5.32 Å². The van der Waals surface area contributed by atoms with E-state index in [1.165, 1.54) is 0 Å². The van der Waals surface area contributed by atoms with Gasteiger partial charge in [-0.05, 0) is 55.2 Å². The molecular weight excluding hydrogens is 420 g/mol. The minimum atomic E-state index is -0.474. The van der Waals surface area contributed by atoms with Crippen LogP contribution in [-0.2, 0) is 4.79 Å². The maximum Gasteiger partial charge on any atom is 0.243 e. The third-order valence-electron chi connectivity index (χ3n) is 3.92. The number of halogens is 1. The van der Waals surface area contributed by atoms with E-state index in [4.69, 9.17) is 12.2 Å². The molecule has 0 bridgehead atoms. The van der Waals surface area contributed by atoms with E-state index in [1.807, 2.05) is 55.6 Å². The summed E-state index contributed by atoms with van der Waals surface area (Å²) in [6.45, 7) is 3.78. The first-order valence-corrected chi connectivity index (χ1v) is 9.82. The van der Waals surface area contributed by atoms with Crippen molar-refractivity contribution >= 4 is 45.4 Å². The monoisotopic (exact) mass is 436 g/mol. The second-order valence-electron chi connectivity index (χ2n) is 5.66. The molecular formula is C17H17BrN4OS2. The first-order chi connectivity index (χ1) is 12.0. The highest BCUT2D eigenvalue weighted by atomic mass is 79.9. The van der Waals surface area contributed by atoms with Gasteiger partial charge in [0.05, 0.1) is 10.9 Å². The minimum Gasteiger partial charge on any atom is -0.348 e. The molecule has 1 amide bonds. The second-order valence-corrected chi connectivity index (χ2v) is 7.91. The number of amides is 1. The van der Waals surface area contributed by atoms with Gasteiger partial charge in [-0.1, -0.05) is 34.1 Å². The number of nitrogens with zero attached hydrogens (tertiary/aromatic N) is 2. The molecule has 0 aliphatic heterocycles. The van der Waals surface area contributed by atoms with Gasteiger partial charge in [0.1, 0.15) is 6.04 Å². The van der Waals surface area contributed by atoms with Crippen LogP contribution in [0.2, 0.25) is 0 Å². The summed E-state index contributed by atoms with van der Waals surface area (Å²) in [5.41, 5.74) is 1.03. The van der Waals surface area contributed by atoms with Crippen LogP contribution in [0.4, 0.5) is 0 Å². The van der Waals surface area contributed by atoms with E-state index >= 15 is 0 Å². The van der Waals surface area contributed by atoms with E-state index in [2.05, 4.69) is 31.4 Å². The number of aromatic amines is 1. The molecule has 2 atom stereocenters. The van der Waals surface area contributed by atoms with Crippen LogP contribution in [0.1, 0.15) is 31.5 Å². The van der Waals surface area contributed by atoms with Gasteiger partial charge in [0.15, 0.2) is 10.6 Å². The van der Waals surface area contributed by atoms with Crippen molar-refractivity contribution < 1.29 is 4.79 Å². The number of carbonyl (C=O) groups is 1. The van der Waals surface area contributed by atoms with Crippen LogP contribution >= 0.6 is 39.5 Å². The Morgan fingerprint density at radius 1 is 1.36 bits per heavy atom. The Hall–Kier alpha value is -1.77. The molecule has 2 aromatic heterocycles.